The van der Waals surface area contributed by atoms with Gasteiger partial charge < -0.3 is 10.1 Å². The maximum Gasteiger partial charge on any atom is 0.308 e. The molecule has 1 aliphatic heterocycles. The molecule has 0 saturated carbocycles. The van der Waals surface area contributed by atoms with E-state index < -0.39 is 0 Å². The summed E-state index contributed by atoms with van der Waals surface area (Å²) in [6.45, 7) is 0. The molecule has 1 fully saturated rings. The average Bonchev–Trinajstić information content (AvgIpc) is 2.56. The highest BCUT2D eigenvalue weighted by Gasteiger charge is 2.42. The highest BCUT2D eigenvalue weighted by molar-refractivity contribution is 5.73. The molecule has 1 saturated heterocycles. The van der Waals surface area contributed by atoms with Gasteiger partial charge in [0.2, 0.25) is 0 Å². The molecule has 0 unspecified atom stereocenters. The van der Waals surface area contributed by atoms with E-state index in [0.29, 0.717) is 6.42 Å². The number of benzene rings is 2. The van der Waals surface area contributed by atoms with E-state index in [1.54, 1.807) is 0 Å². The fourth-order valence-electron chi connectivity index (χ4n) is 3.04. The fraction of sp³-hybridized carbons (Fsp3) is 0.278. The Kier molecular flexibility index (Phi) is 3.76. The predicted octanol–water partition coefficient (Wildman–Crippen LogP) is 3.18. The van der Waals surface area contributed by atoms with Crippen molar-refractivity contribution in [3.63, 3.8) is 0 Å². The van der Waals surface area contributed by atoms with Crippen LogP contribution < -0.4 is 5.32 Å². The molecule has 0 bridgehead atoms. The molecule has 1 heterocycles. The van der Waals surface area contributed by atoms with Gasteiger partial charge in [0.1, 0.15) is 6.10 Å². The maximum atomic E-state index is 12.1. The third-order valence-electron chi connectivity index (χ3n) is 4.23. The average molecular weight is 281 g/mol. The number of nitrogens with one attached hydrogen (secondary N) is 1. The molecule has 3 nitrogen and oxygen atoms in total. The van der Waals surface area contributed by atoms with Gasteiger partial charge in [0.15, 0.2) is 0 Å². The van der Waals surface area contributed by atoms with E-state index >= 15 is 0 Å². The molecular formula is C18H19NO2. The third-order valence-corrected chi connectivity index (χ3v) is 4.23. The SMILES string of the molecule is CN[C@@]1(c2ccccc2)CC(=O)O[C@H](c2ccccc2)C1. The van der Waals surface area contributed by atoms with Crippen LogP contribution in [0.3, 0.4) is 0 Å². The molecule has 2 atom stereocenters. The van der Waals surface area contributed by atoms with Crippen molar-refractivity contribution < 1.29 is 9.53 Å². The highest BCUT2D eigenvalue weighted by Crippen LogP contribution is 2.41. The molecule has 1 aliphatic rings. The van der Waals surface area contributed by atoms with Gasteiger partial charge in [-0.25, -0.2) is 0 Å². The van der Waals surface area contributed by atoms with Crippen molar-refractivity contribution in [2.45, 2.75) is 24.5 Å². The summed E-state index contributed by atoms with van der Waals surface area (Å²) in [7, 11) is 1.91. The first-order valence-corrected chi connectivity index (χ1v) is 7.22. The molecule has 3 heteroatoms. The standard InChI is InChI=1S/C18H19NO2/c1-19-18(15-10-6-3-7-11-15)12-16(21-17(20)13-18)14-8-4-2-5-9-14/h2-11,16,19H,12-13H2,1H3/t16-,18+/m0/s1. The lowest BCUT2D eigenvalue weighted by atomic mass is 9.78. The molecule has 21 heavy (non-hydrogen) atoms. The first-order chi connectivity index (χ1) is 10.2. The third kappa shape index (κ3) is 2.69. The van der Waals surface area contributed by atoms with E-state index in [-0.39, 0.29) is 17.6 Å². The Morgan fingerprint density at radius 2 is 1.67 bits per heavy atom. The van der Waals surface area contributed by atoms with E-state index in [2.05, 4.69) is 17.4 Å². The van der Waals surface area contributed by atoms with E-state index in [1.807, 2.05) is 55.6 Å². The molecule has 0 aliphatic carbocycles. The zero-order valence-corrected chi connectivity index (χ0v) is 12.1. The van der Waals surface area contributed by atoms with Gasteiger partial charge in [0, 0.05) is 6.42 Å². The molecule has 3 rings (SSSR count). The number of carbonyl (C=O) groups is 1. The van der Waals surface area contributed by atoms with Gasteiger partial charge >= 0.3 is 5.97 Å². The van der Waals surface area contributed by atoms with Crippen molar-refractivity contribution in [1.29, 1.82) is 0 Å². The lowest BCUT2D eigenvalue weighted by Crippen LogP contribution is -2.47. The second kappa shape index (κ2) is 5.70. The summed E-state index contributed by atoms with van der Waals surface area (Å²) in [5.74, 6) is -0.159. The van der Waals surface area contributed by atoms with Crippen LogP contribution in [0.15, 0.2) is 60.7 Å². The second-order valence-corrected chi connectivity index (χ2v) is 5.47. The minimum Gasteiger partial charge on any atom is -0.457 e. The predicted molar refractivity (Wildman–Crippen MR) is 81.7 cm³/mol. The van der Waals surface area contributed by atoms with Crippen LogP contribution in [0.1, 0.15) is 30.1 Å². The van der Waals surface area contributed by atoms with Crippen LogP contribution in [0.4, 0.5) is 0 Å². The first kappa shape index (κ1) is 13.8. The van der Waals surface area contributed by atoms with Crippen molar-refractivity contribution in [2.24, 2.45) is 0 Å². The molecule has 0 aromatic heterocycles. The topological polar surface area (TPSA) is 38.3 Å². The maximum absolute atomic E-state index is 12.1. The van der Waals surface area contributed by atoms with Gasteiger partial charge in [0.25, 0.3) is 0 Å². The number of cyclic esters (lactones) is 1. The minimum atomic E-state index is -0.364. The summed E-state index contributed by atoms with van der Waals surface area (Å²) in [6, 6.07) is 20.1. The molecule has 2 aromatic carbocycles. The number of ether oxygens (including phenoxy) is 1. The number of esters is 1. The molecular weight excluding hydrogens is 262 g/mol. The summed E-state index contributed by atoms with van der Waals surface area (Å²) in [5, 5.41) is 3.36. The van der Waals surface area contributed by atoms with Crippen LogP contribution in [0.25, 0.3) is 0 Å². The zero-order valence-electron chi connectivity index (χ0n) is 12.1. The smallest absolute Gasteiger partial charge is 0.308 e. The summed E-state index contributed by atoms with van der Waals surface area (Å²) < 4.78 is 5.57. The Morgan fingerprint density at radius 1 is 1.05 bits per heavy atom. The molecule has 0 spiro atoms. The van der Waals surface area contributed by atoms with Crippen molar-refractivity contribution in [2.75, 3.05) is 7.05 Å². The molecule has 0 radical (unpaired) electrons. The van der Waals surface area contributed by atoms with E-state index in [9.17, 15) is 4.79 Å². The van der Waals surface area contributed by atoms with Gasteiger partial charge in [-0.15, -0.1) is 0 Å². The quantitative estimate of drug-likeness (QED) is 0.878. The minimum absolute atomic E-state index is 0.159. The van der Waals surface area contributed by atoms with Gasteiger partial charge in [-0.3, -0.25) is 4.79 Å². The normalized spacial score (nSPS) is 25.4. The first-order valence-electron chi connectivity index (χ1n) is 7.22. The number of rotatable bonds is 3. The van der Waals surface area contributed by atoms with Crippen LogP contribution in [-0.4, -0.2) is 13.0 Å². The van der Waals surface area contributed by atoms with Gasteiger partial charge in [0.05, 0.1) is 12.0 Å². The van der Waals surface area contributed by atoms with Crippen molar-refractivity contribution in [3.8, 4) is 0 Å². The molecule has 2 aromatic rings. The molecule has 108 valence electrons. The monoisotopic (exact) mass is 281 g/mol. The lowest BCUT2D eigenvalue weighted by molar-refractivity contribution is -0.159. The van der Waals surface area contributed by atoms with E-state index in [1.165, 1.54) is 0 Å². The van der Waals surface area contributed by atoms with Gasteiger partial charge in [-0.1, -0.05) is 60.7 Å². The Hall–Kier alpha value is -2.13. The Morgan fingerprint density at radius 3 is 2.29 bits per heavy atom. The number of hydrogen-bond donors (Lipinski definition) is 1. The van der Waals surface area contributed by atoms with Crippen LogP contribution in [-0.2, 0) is 15.1 Å². The van der Waals surface area contributed by atoms with Crippen molar-refractivity contribution in [3.05, 3.63) is 71.8 Å². The van der Waals surface area contributed by atoms with E-state index in [0.717, 1.165) is 17.5 Å². The van der Waals surface area contributed by atoms with E-state index in [4.69, 9.17) is 4.74 Å². The summed E-state index contributed by atoms with van der Waals surface area (Å²) >= 11 is 0. The zero-order chi connectivity index (χ0) is 14.7. The van der Waals surface area contributed by atoms with Crippen LogP contribution in [0.5, 0.6) is 0 Å². The summed E-state index contributed by atoms with van der Waals surface area (Å²) in [4.78, 5) is 12.1. The Balaban J connectivity index is 1.97. The van der Waals surface area contributed by atoms with Crippen molar-refractivity contribution >= 4 is 5.97 Å². The van der Waals surface area contributed by atoms with Gasteiger partial charge in [-0.05, 0) is 18.2 Å². The Labute approximate surface area is 124 Å². The van der Waals surface area contributed by atoms with Crippen LogP contribution in [0.2, 0.25) is 0 Å². The van der Waals surface area contributed by atoms with Crippen LogP contribution in [0, 0.1) is 0 Å². The van der Waals surface area contributed by atoms with Gasteiger partial charge in [-0.2, -0.15) is 0 Å². The fourth-order valence-corrected chi connectivity index (χ4v) is 3.04. The second-order valence-electron chi connectivity index (χ2n) is 5.47. The summed E-state index contributed by atoms with van der Waals surface area (Å²) in [5.41, 5.74) is 1.81. The summed E-state index contributed by atoms with van der Waals surface area (Å²) in [6.07, 6.45) is 0.889. The lowest BCUT2D eigenvalue weighted by Gasteiger charge is -2.40. The van der Waals surface area contributed by atoms with Crippen molar-refractivity contribution in [1.82, 2.24) is 5.32 Å². The van der Waals surface area contributed by atoms with Crippen LogP contribution >= 0.6 is 0 Å². The molecule has 0 amide bonds. The Bertz CT molecular complexity index is 612. The molecule has 1 N–H and O–H groups in total. The number of carbonyl (C=O) groups excluding carboxylic acids is 1. The largest absolute Gasteiger partial charge is 0.457 e. The highest BCUT2D eigenvalue weighted by atomic mass is 16.5. The number of hydrogen-bond acceptors (Lipinski definition) is 3.